The smallest absolute Gasteiger partial charge is 0.325 e. The molecule has 1 fully saturated rings. The van der Waals surface area contributed by atoms with Gasteiger partial charge in [0, 0.05) is 26.2 Å². The number of nitrogens with zero attached hydrogens (tertiary/aromatic N) is 2. The number of carbonyl (C=O) groups is 2. The van der Waals surface area contributed by atoms with Gasteiger partial charge in [0.15, 0.2) is 0 Å². The minimum Gasteiger partial charge on any atom is -0.329 e. The third-order valence-corrected chi connectivity index (χ3v) is 2.66. The van der Waals surface area contributed by atoms with E-state index in [1.165, 1.54) is 4.90 Å². The number of rotatable bonds is 5. The molecule has 1 rings (SSSR count). The molecule has 6 nitrogen and oxygen atoms in total. The second-order valence-corrected chi connectivity index (χ2v) is 4.60. The Labute approximate surface area is 95.8 Å². The van der Waals surface area contributed by atoms with E-state index in [-0.39, 0.29) is 11.9 Å². The molecule has 0 aliphatic carbocycles. The lowest BCUT2D eigenvalue weighted by atomic mass is 10.1. The SMILES string of the molecule is CN(CCN)CCN1C(=O)NC(C)(C)C1=O. The highest BCUT2D eigenvalue weighted by Gasteiger charge is 2.43. The molecule has 1 heterocycles. The van der Waals surface area contributed by atoms with Gasteiger partial charge in [0.1, 0.15) is 5.54 Å². The Balaban J connectivity index is 2.49. The fourth-order valence-corrected chi connectivity index (χ4v) is 1.62. The van der Waals surface area contributed by atoms with E-state index in [1.807, 2.05) is 11.9 Å². The number of imide groups is 1. The summed E-state index contributed by atoms with van der Waals surface area (Å²) < 4.78 is 0. The predicted octanol–water partition coefficient (Wildman–Crippen LogP) is -0.793. The van der Waals surface area contributed by atoms with Crippen LogP contribution in [0.5, 0.6) is 0 Å². The molecule has 0 saturated carbocycles. The van der Waals surface area contributed by atoms with Crippen molar-refractivity contribution in [2.75, 3.05) is 33.2 Å². The third-order valence-electron chi connectivity index (χ3n) is 2.66. The molecule has 6 heteroatoms. The van der Waals surface area contributed by atoms with E-state index in [2.05, 4.69) is 5.32 Å². The zero-order valence-electron chi connectivity index (χ0n) is 10.1. The van der Waals surface area contributed by atoms with E-state index >= 15 is 0 Å². The molecule has 0 bridgehead atoms. The fraction of sp³-hybridized carbons (Fsp3) is 0.800. The van der Waals surface area contributed by atoms with Crippen LogP contribution in [0, 0.1) is 0 Å². The summed E-state index contributed by atoms with van der Waals surface area (Å²) in [6.45, 7) is 5.79. The van der Waals surface area contributed by atoms with Crippen LogP contribution in [-0.2, 0) is 4.79 Å². The molecule has 1 aliphatic heterocycles. The number of nitrogens with one attached hydrogen (secondary N) is 1. The molecule has 16 heavy (non-hydrogen) atoms. The molecule has 0 radical (unpaired) electrons. The first-order valence-electron chi connectivity index (χ1n) is 5.41. The summed E-state index contributed by atoms with van der Waals surface area (Å²) in [6.07, 6.45) is 0. The standard InChI is InChI=1S/C10H20N4O2/c1-10(2)8(15)14(9(16)12-10)7-6-13(3)5-4-11/h4-7,11H2,1-3H3,(H,12,16). The first-order chi connectivity index (χ1) is 7.38. The highest BCUT2D eigenvalue weighted by Crippen LogP contribution is 2.15. The van der Waals surface area contributed by atoms with Gasteiger partial charge in [-0.15, -0.1) is 0 Å². The highest BCUT2D eigenvalue weighted by molar-refractivity contribution is 6.06. The van der Waals surface area contributed by atoms with Crippen molar-refractivity contribution in [3.63, 3.8) is 0 Å². The van der Waals surface area contributed by atoms with Gasteiger partial charge < -0.3 is 16.0 Å². The lowest BCUT2D eigenvalue weighted by Gasteiger charge is -2.20. The summed E-state index contributed by atoms with van der Waals surface area (Å²) in [5.41, 5.74) is 4.64. The number of nitrogens with two attached hydrogens (primary N) is 1. The van der Waals surface area contributed by atoms with Gasteiger partial charge >= 0.3 is 6.03 Å². The zero-order valence-corrected chi connectivity index (χ0v) is 10.1. The summed E-state index contributed by atoms with van der Waals surface area (Å²) in [6, 6.07) is -0.309. The molecule has 0 aromatic rings. The summed E-state index contributed by atoms with van der Waals surface area (Å²) in [7, 11) is 1.91. The Hall–Kier alpha value is -1.14. The molecule has 0 atom stereocenters. The van der Waals surface area contributed by atoms with Crippen LogP contribution >= 0.6 is 0 Å². The second kappa shape index (κ2) is 4.80. The Kier molecular flexibility index (Phi) is 3.88. The Morgan fingerprint density at radius 1 is 1.38 bits per heavy atom. The van der Waals surface area contributed by atoms with Crippen molar-refractivity contribution in [1.29, 1.82) is 0 Å². The fourth-order valence-electron chi connectivity index (χ4n) is 1.62. The average molecular weight is 228 g/mol. The number of likely N-dealkylation sites (N-methyl/N-ethyl adjacent to an activating group) is 1. The largest absolute Gasteiger partial charge is 0.329 e. The molecule has 0 aromatic carbocycles. The van der Waals surface area contributed by atoms with Crippen LogP contribution in [0.1, 0.15) is 13.8 Å². The average Bonchev–Trinajstić information content (AvgIpc) is 2.35. The maximum Gasteiger partial charge on any atom is 0.325 e. The highest BCUT2D eigenvalue weighted by atomic mass is 16.2. The number of urea groups is 1. The minimum absolute atomic E-state index is 0.168. The van der Waals surface area contributed by atoms with Crippen LogP contribution in [0.15, 0.2) is 0 Å². The predicted molar refractivity (Wildman–Crippen MR) is 60.9 cm³/mol. The van der Waals surface area contributed by atoms with Crippen LogP contribution < -0.4 is 11.1 Å². The lowest BCUT2D eigenvalue weighted by Crippen LogP contribution is -2.41. The van der Waals surface area contributed by atoms with Crippen LogP contribution in [-0.4, -0.2) is 60.5 Å². The molecule has 3 N–H and O–H groups in total. The summed E-state index contributed by atoms with van der Waals surface area (Å²) in [5, 5.41) is 2.64. The van der Waals surface area contributed by atoms with Crippen molar-refractivity contribution in [2.45, 2.75) is 19.4 Å². The van der Waals surface area contributed by atoms with Crippen molar-refractivity contribution >= 4 is 11.9 Å². The summed E-state index contributed by atoms with van der Waals surface area (Å²) >= 11 is 0. The van der Waals surface area contributed by atoms with Gasteiger partial charge in [0.2, 0.25) is 0 Å². The first-order valence-corrected chi connectivity index (χ1v) is 5.41. The van der Waals surface area contributed by atoms with E-state index < -0.39 is 5.54 Å². The van der Waals surface area contributed by atoms with Crippen LogP contribution in [0.2, 0.25) is 0 Å². The Morgan fingerprint density at radius 3 is 2.44 bits per heavy atom. The number of amides is 3. The van der Waals surface area contributed by atoms with Gasteiger partial charge in [-0.25, -0.2) is 4.79 Å². The molecule has 0 aromatic heterocycles. The second-order valence-electron chi connectivity index (χ2n) is 4.60. The van der Waals surface area contributed by atoms with Gasteiger partial charge in [0.25, 0.3) is 5.91 Å². The molecular weight excluding hydrogens is 208 g/mol. The molecule has 3 amide bonds. The van der Waals surface area contributed by atoms with E-state index in [1.54, 1.807) is 13.8 Å². The monoisotopic (exact) mass is 228 g/mol. The molecular formula is C10H20N4O2. The quantitative estimate of drug-likeness (QED) is 0.604. The van der Waals surface area contributed by atoms with Crippen molar-refractivity contribution in [3.8, 4) is 0 Å². The number of hydrogen-bond acceptors (Lipinski definition) is 4. The molecule has 1 saturated heterocycles. The van der Waals surface area contributed by atoms with E-state index in [9.17, 15) is 9.59 Å². The zero-order chi connectivity index (χ0) is 12.3. The maximum absolute atomic E-state index is 11.8. The van der Waals surface area contributed by atoms with E-state index in [4.69, 9.17) is 5.73 Å². The van der Waals surface area contributed by atoms with Crippen molar-refractivity contribution in [2.24, 2.45) is 5.73 Å². The van der Waals surface area contributed by atoms with Crippen LogP contribution in [0.4, 0.5) is 4.79 Å². The van der Waals surface area contributed by atoms with Gasteiger partial charge in [-0.3, -0.25) is 9.69 Å². The maximum atomic E-state index is 11.8. The Bertz CT molecular complexity index is 291. The lowest BCUT2D eigenvalue weighted by molar-refractivity contribution is -0.130. The molecule has 1 aliphatic rings. The van der Waals surface area contributed by atoms with Crippen molar-refractivity contribution in [3.05, 3.63) is 0 Å². The third kappa shape index (κ3) is 2.70. The summed E-state index contributed by atoms with van der Waals surface area (Å²) in [5.74, 6) is -0.168. The van der Waals surface area contributed by atoms with E-state index in [0.29, 0.717) is 19.6 Å². The van der Waals surface area contributed by atoms with Crippen molar-refractivity contribution < 1.29 is 9.59 Å². The van der Waals surface area contributed by atoms with Crippen LogP contribution in [0.3, 0.4) is 0 Å². The normalized spacial score (nSPS) is 19.4. The van der Waals surface area contributed by atoms with E-state index in [0.717, 1.165) is 6.54 Å². The van der Waals surface area contributed by atoms with Gasteiger partial charge in [-0.2, -0.15) is 0 Å². The van der Waals surface area contributed by atoms with Gasteiger partial charge in [0.05, 0.1) is 0 Å². The number of carbonyl (C=O) groups excluding carboxylic acids is 2. The van der Waals surface area contributed by atoms with Crippen molar-refractivity contribution in [1.82, 2.24) is 15.1 Å². The number of hydrogen-bond donors (Lipinski definition) is 2. The van der Waals surface area contributed by atoms with Crippen LogP contribution in [0.25, 0.3) is 0 Å². The topological polar surface area (TPSA) is 78.7 Å². The molecule has 0 spiro atoms. The minimum atomic E-state index is -0.774. The molecule has 0 unspecified atom stereocenters. The van der Waals surface area contributed by atoms with Gasteiger partial charge in [-0.1, -0.05) is 0 Å². The Morgan fingerprint density at radius 2 is 2.00 bits per heavy atom. The molecule has 92 valence electrons. The summed E-state index contributed by atoms with van der Waals surface area (Å²) in [4.78, 5) is 26.6. The first kappa shape index (κ1) is 12.9. The van der Waals surface area contributed by atoms with Gasteiger partial charge in [-0.05, 0) is 20.9 Å².